The highest BCUT2D eigenvalue weighted by molar-refractivity contribution is 5.92. The smallest absolute Gasteiger partial charge is 0.310 e. The third-order valence-electron chi connectivity index (χ3n) is 19.8. The summed E-state index contributed by atoms with van der Waals surface area (Å²) >= 11 is 0. The number of hydrogen-bond acceptors (Lipinski definition) is 9. The van der Waals surface area contributed by atoms with Gasteiger partial charge in [-0.15, -0.1) is 0 Å². The standard InChI is InChI=1S/C27H32O4.C23H28O5/c1-16-4-5-22(30-16)19-15-17-14-18(28)6-10-25(17,2)20-7-11-26(3)21(24(19)20)8-12-27(26)13-9-23(29)31-27;1-20-8-4-15-18(16(20)5-9-22(20)10-6-17(25)27-22)14-12-23(28-19(14)26)11-13(24)3-7-21(15,23)2/h4-5,7,14,19,21,24H,6,8-13,15H2,1-3H3;4,14,16,18H,3,5-12H2,1-2H3/t19-,21-,24+,25-,26-,27+;14-,16+,18-,20+,21-,22-,23+/m01/s1. The topological polar surface area (TPSA) is 126 Å². The van der Waals surface area contributed by atoms with Crippen LogP contribution in [0.5, 0.6) is 0 Å². The molecule has 12 rings (SSSR count). The van der Waals surface area contributed by atoms with Gasteiger partial charge in [-0.2, -0.15) is 0 Å². The van der Waals surface area contributed by atoms with E-state index in [1.807, 2.05) is 13.0 Å². The highest BCUT2D eigenvalue weighted by Gasteiger charge is 2.74. The number of ether oxygens (including phenoxy) is 3. The monoisotopic (exact) mass is 804 g/mol. The Morgan fingerprint density at radius 2 is 1.27 bits per heavy atom. The normalized spacial score (nSPS) is 48.6. The highest BCUT2D eigenvalue weighted by atomic mass is 16.6. The SMILES string of the molecule is C[C@]12CC=C3[C@@H]([C@H]4C[C@]5(CC(=O)CC[C@]35C)OC4=O)[C@@H]1CC[C@@]21CCC(=O)O1.Cc1ccc([C@@H]2CC3=CC(=O)CC[C@]3(C)C3=CC[C@@]4(C)[C@@H](CC[C@@]45CCC(=O)O5)[C@@H]32)o1. The lowest BCUT2D eigenvalue weighted by Gasteiger charge is -2.58. The first-order valence-corrected chi connectivity index (χ1v) is 22.9. The summed E-state index contributed by atoms with van der Waals surface area (Å²) in [6.45, 7) is 11.3. The lowest BCUT2D eigenvalue weighted by Crippen LogP contribution is -2.59. The van der Waals surface area contributed by atoms with E-state index in [4.69, 9.17) is 18.6 Å². The Labute approximate surface area is 347 Å². The molecule has 3 aliphatic heterocycles. The molecule has 5 saturated carbocycles. The van der Waals surface area contributed by atoms with Crippen LogP contribution in [0.1, 0.15) is 154 Å². The van der Waals surface area contributed by atoms with Crippen LogP contribution in [0, 0.1) is 58.2 Å². The van der Waals surface area contributed by atoms with Crippen molar-refractivity contribution in [3.8, 4) is 0 Å². The van der Waals surface area contributed by atoms with E-state index in [1.54, 1.807) is 0 Å². The van der Waals surface area contributed by atoms with Gasteiger partial charge in [-0.1, -0.05) is 56.6 Å². The minimum Gasteiger partial charge on any atom is -0.466 e. The van der Waals surface area contributed by atoms with Crippen LogP contribution in [0.25, 0.3) is 0 Å². The van der Waals surface area contributed by atoms with Crippen LogP contribution in [0.15, 0.2) is 51.5 Å². The maximum Gasteiger partial charge on any atom is 0.310 e. The molecule has 0 radical (unpaired) electrons. The lowest BCUT2D eigenvalue weighted by molar-refractivity contribution is -0.165. The van der Waals surface area contributed by atoms with Gasteiger partial charge < -0.3 is 18.6 Å². The minimum atomic E-state index is -0.629. The third kappa shape index (κ3) is 4.82. The Hall–Kier alpha value is -3.75. The summed E-state index contributed by atoms with van der Waals surface area (Å²) in [6.07, 6.45) is 20.1. The fourth-order valence-electron chi connectivity index (χ4n) is 16.4. The zero-order valence-corrected chi connectivity index (χ0v) is 35.5. The Morgan fingerprint density at radius 3 is 1.86 bits per heavy atom. The summed E-state index contributed by atoms with van der Waals surface area (Å²) in [5.74, 6) is 3.69. The van der Waals surface area contributed by atoms with E-state index < -0.39 is 5.60 Å². The number of esters is 3. The maximum atomic E-state index is 13.0. The number of furan rings is 1. The van der Waals surface area contributed by atoms with E-state index in [-0.39, 0.29) is 80.1 Å². The second-order valence-electron chi connectivity index (χ2n) is 21.8. The van der Waals surface area contributed by atoms with Crippen LogP contribution < -0.4 is 0 Å². The number of carbonyl (C=O) groups excluding carboxylic acids is 5. The summed E-state index contributed by atoms with van der Waals surface area (Å²) in [6, 6.07) is 4.20. The Morgan fingerprint density at radius 1 is 0.644 bits per heavy atom. The van der Waals surface area contributed by atoms with Crippen LogP contribution >= 0.6 is 0 Å². The molecule has 0 unspecified atom stereocenters. The third-order valence-corrected chi connectivity index (χ3v) is 19.8. The second-order valence-corrected chi connectivity index (χ2v) is 21.8. The number of aryl methyl sites for hydroxylation is 1. The minimum absolute atomic E-state index is 0.0264. The Balaban J connectivity index is 0.000000135. The molecule has 3 saturated heterocycles. The zero-order valence-electron chi connectivity index (χ0n) is 35.5. The van der Waals surface area contributed by atoms with Crippen molar-refractivity contribution in [3.63, 3.8) is 0 Å². The molecule has 8 aliphatic carbocycles. The summed E-state index contributed by atoms with van der Waals surface area (Å²) in [4.78, 5) is 61.8. The van der Waals surface area contributed by atoms with Gasteiger partial charge in [0.05, 0.1) is 5.92 Å². The van der Waals surface area contributed by atoms with Crippen molar-refractivity contribution in [1.82, 2.24) is 0 Å². The molecule has 8 fully saturated rings. The molecule has 59 heavy (non-hydrogen) atoms. The van der Waals surface area contributed by atoms with Crippen LogP contribution in [0.3, 0.4) is 0 Å². The predicted molar refractivity (Wildman–Crippen MR) is 215 cm³/mol. The van der Waals surface area contributed by atoms with Crippen molar-refractivity contribution in [1.29, 1.82) is 0 Å². The van der Waals surface area contributed by atoms with Gasteiger partial charge in [-0.3, -0.25) is 24.0 Å². The number of fused-ring (bicyclic) bond motifs is 13. The molecule has 3 spiro atoms. The van der Waals surface area contributed by atoms with Crippen LogP contribution in [0.2, 0.25) is 0 Å². The number of Topliss-reactive ketones (excluding diaryl/α,β-unsaturated/α-hetero) is 1. The average Bonchev–Trinajstić information content (AvgIpc) is 4.04. The van der Waals surface area contributed by atoms with Crippen LogP contribution in [-0.2, 0) is 38.2 Å². The predicted octanol–water partition coefficient (Wildman–Crippen LogP) is 9.31. The fraction of sp³-hybridized carbons (Fsp3) is 0.700. The molecule has 0 aromatic carbocycles. The first kappa shape index (κ1) is 38.2. The van der Waals surface area contributed by atoms with Gasteiger partial charge in [0.15, 0.2) is 5.78 Å². The summed E-state index contributed by atoms with van der Waals surface area (Å²) < 4.78 is 24.4. The Kier molecular flexibility index (Phi) is 7.90. The number of allylic oxidation sites excluding steroid dienone is 5. The highest BCUT2D eigenvalue weighted by Crippen LogP contribution is 2.73. The molecular formula is C50H60O9. The molecule has 4 heterocycles. The van der Waals surface area contributed by atoms with Crippen LogP contribution in [-0.4, -0.2) is 46.3 Å². The number of ketones is 2. The number of carbonyl (C=O) groups is 5. The van der Waals surface area contributed by atoms with Crippen molar-refractivity contribution in [3.05, 3.63) is 58.6 Å². The number of hydrogen-bond donors (Lipinski definition) is 0. The maximum absolute atomic E-state index is 13.0. The summed E-state index contributed by atoms with van der Waals surface area (Å²) in [5.41, 5.74) is 2.46. The van der Waals surface area contributed by atoms with E-state index in [2.05, 4.69) is 52.0 Å². The van der Waals surface area contributed by atoms with Crippen LogP contribution in [0.4, 0.5) is 0 Å². The first-order chi connectivity index (χ1) is 28.0. The molecule has 11 aliphatic rings. The summed E-state index contributed by atoms with van der Waals surface area (Å²) in [7, 11) is 0. The van der Waals surface area contributed by atoms with E-state index >= 15 is 0 Å². The van der Waals surface area contributed by atoms with Crippen molar-refractivity contribution in [2.24, 2.45) is 51.2 Å². The van der Waals surface area contributed by atoms with Gasteiger partial charge >= 0.3 is 17.9 Å². The van der Waals surface area contributed by atoms with Gasteiger partial charge in [0.1, 0.15) is 34.1 Å². The molecule has 9 heteroatoms. The zero-order chi connectivity index (χ0) is 41.1. The van der Waals surface area contributed by atoms with E-state index in [9.17, 15) is 24.0 Å². The van der Waals surface area contributed by atoms with Gasteiger partial charge in [-0.05, 0) is 119 Å². The van der Waals surface area contributed by atoms with E-state index in [1.165, 1.54) is 16.7 Å². The Bertz CT molecular complexity index is 2210. The molecule has 0 amide bonds. The van der Waals surface area contributed by atoms with E-state index in [0.29, 0.717) is 56.3 Å². The molecule has 1 aromatic rings. The van der Waals surface area contributed by atoms with Gasteiger partial charge in [0, 0.05) is 66.1 Å². The molecular weight excluding hydrogens is 745 g/mol. The molecule has 2 bridgehead atoms. The number of rotatable bonds is 1. The van der Waals surface area contributed by atoms with Crippen molar-refractivity contribution in [2.45, 2.75) is 166 Å². The lowest BCUT2D eigenvalue weighted by atomic mass is 9.45. The van der Waals surface area contributed by atoms with Gasteiger partial charge in [0.2, 0.25) is 0 Å². The van der Waals surface area contributed by atoms with E-state index in [0.717, 1.165) is 82.1 Å². The summed E-state index contributed by atoms with van der Waals surface area (Å²) in [5, 5.41) is 0. The molecule has 13 atom stereocenters. The van der Waals surface area contributed by atoms with Crippen molar-refractivity contribution in [2.75, 3.05) is 0 Å². The van der Waals surface area contributed by atoms with Crippen molar-refractivity contribution < 1.29 is 42.6 Å². The van der Waals surface area contributed by atoms with Gasteiger partial charge in [0.25, 0.3) is 0 Å². The molecule has 314 valence electrons. The molecule has 9 nitrogen and oxygen atoms in total. The molecule has 1 aromatic heterocycles. The van der Waals surface area contributed by atoms with Gasteiger partial charge in [-0.25, -0.2) is 0 Å². The first-order valence-electron chi connectivity index (χ1n) is 22.9. The largest absolute Gasteiger partial charge is 0.466 e. The second kappa shape index (κ2) is 12.2. The quantitative estimate of drug-likeness (QED) is 0.155. The average molecular weight is 805 g/mol. The van der Waals surface area contributed by atoms with Crippen molar-refractivity contribution >= 4 is 29.5 Å². The molecule has 0 N–H and O–H groups in total. The fourth-order valence-corrected chi connectivity index (χ4v) is 16.4.